The second-order valence-electron chi connectivity index (χ2n) is 13.8. The molecule has 252 valence electrons. The van der Waals surface area contributed by atoms with Crippen LogP contribution in [0.2, 0.25) is 5.02 Å². The maximum atomic E-state index is 16.8. The highest BCUT2D eigenvalue weighted by molar-refractivity contribution is 6.32. The third-order valence-electron chi connectivity index (χ3n) is 10.8. The zero-order valence-corrected chi connectivity index (χ0v) is 26.6. The van der Waals surface area contributed by atoms with Crippen LogP contribution in [0, 0.1) is 5.82 Å². The van der Waals surface area contributed by atoms with Gasteiger partial charge in [0.1, 0.15) is 41.8 Å². The topological polar surface area (TPSA) is 92.9 Å². The Hall–Kier alpha value is -3.23. The number of nitrogens with zero attached hydrogens (tertiary/aromatic N) is 6. The molecule has 2 N–H and O–H groups in total. The second-order valence-corrected chi connectivity index (χ2v) is 14.2. The molecule has 1 spiro atoms. The highest BCUT2D eigenvalue weighted by Gasteiger charge is 2.54. The van der Waals surface area contributed by atoms with Gasteiger partial charge in [-0.1, -0.05) is 11.6 Å². The van der Waals surface area contributed by atoms with Crippen molar-refractivity contribution in [3.8, 4) is 23.1 Å². The number of nitrogen functional groups attached to an aromatic ring is 1. The van der Waals surface area contributed by atoms with Gasteiger partial charge in [0.15, 0.2) is 5.82 Å². The molecule has 9 nitrogen and oxygen atoms in total. The van der Waals surface area contributed by atoms with Gasteiger partial charge in [-0.05, 0) is 70.8 Å². The lowest BCUT2D eigenvalue weighted by Gasteiger charge is -2.35. The lowest BCUT2D eigenvalue weighted by Crippen LogP contribution is -2.48. The number of ether oxygens (including phenoxy) is 2. The summed E-state index contributed by atoms with van der Waals surface area (Å²) in [5.41, 5.74) is 2.02. The molecule has 47 heavy (non-hydrogen) atoms. The largest absolute Gasteiger partial charge is 0.475 e. The number of alkyl halides is 4. The number of pyridine rings is 1. The van der Waals surface area contributed by atoms with Crippen LogP contribution in [0.3, 0.4) is 0 Å². The fourth-order valence-electron chi connectivity index (χ4n) is 8.16. The van der Waals surface area contributed by atoms with E-state index in [-0.39, 0.29) is 47.7 Å². The molecule has 2 aromatic heterocycles. The molecule has 6 heterocycles. The van der Waals surface area contributed by atoms with E-state index in [0.29, 0.717) is 25.3 Å². The highest BCUT2D eigenvalue weighted by Crippen LogP contribution is 2.52. The Morgan fingerprint density at radius 3 is 2.66 bits per heavy atom. The van der Waals surface area contributed by atoms with Crippen molar-refractivity contribution in [2.24, 2.45) is 0 Å². The SMILES string of the molecule is CN1CCCC1CN1c2nc(OC[C@@]34CCCN3C[C@H](F)C4)nc3c(F)c(-c4cc(N)cc(Cl)c4C(F)(F)F)nc(c23)OCC12CC2. The smallest absolute Gasteiger partial charge is 0.418 e. The van der Waals surface area contributed by atoms with Gasteiger partial charge in [-0.15, -0.1) is 0 Å². The van der Waals surface area contributed by atoms with Crippen LogP contribution in [0.25, 0.3) is 22.2 Å². The summed E-state index contributed by atoms with van der Waals surface area (Å²) in [7, 11) is 2.07. The van der Waals surface area contributed by atoms with Crippen LogP contribution < -0.4 is 20.1 Å². The number of benzene rings is 1. The van der Waals surface area contributed by atoms with Gasteiger partial charge in [-0.3, -0.25) is 4.90 Å². The number of hydrogen-bond acceptors (Lipinski definition) is 9. The molecule has 0 bridgehead atoms. The number of fused-ring (bicyclic) bond motifs is 1. The van der Waals surface area contributed by atoms with Crippen molar-refractivity contribution in [3.63, 3.8) is 0 Å². The van der Waals surface area contributed by atoms with Crippen LogP contribution in [0.1, 0.15) is 50.5 Å². The number of aromatic nitrogens is 3. The molecular weight excluding hydrogens is 645 g/mol. The number of anilines is 2. The summed E-state index contributed by atoms with van der Waals surface area (Å²) in [4.78, 5) is 20.2. The maximum Gasteiger partial charge on any atom is 0.418 e. The number of hydrogen-bond donors (Lipinski definition) is 1. The molecular formula is C32H35ClF5N7O2. The summed E-state index contributed by atoms with van der Waals surface area (Å²) in [6, 6.07) is 2.04. The predicted octanol–water partition coefficient (Wildman–Crippen LogP) is 5.87. The fraction of sp³-hybridized carbons (Fsp3) is 0.594. The van der Waals surface area contributed by atoms with Gasteiger partial charge in [-0.2, -0.15) is 23.1 Å². The van der Waals surface area contributed by atoms with E-state index in [1.54, 1.807) is 0 Å². The molecule has 8 rings (SSSR count). The van der Waals surface area contributed by atoms with Crippen molar-refractivity contribution >= 4 is 34.0 Å². The molecule has 4 fully saturated rings. The molecule has 1 saturated carbocycles. The van der Waals surface area contributed by atoms with Gasteiger partial charge >= 0.3 is 12.2 Å². The van der Waals surface area contributed by atoms with Gasteiger partial charge in [0.25, 0.3) is 0 Å². The third kappa shape index (κ3) is 5.13. The number of nitrogens with two attached hydrogens (primary N) is 1. The van der Waals surface area contributed by atoms with Gasteiger partial charge in [0.2, 0.25) is 5.88 Å². The average Bonchev–Trinajstić information content (AvgIpc) is 3.40. The summed E-state index contributed by atoms with van der Waals surface area (Å²) in [6.07, 6.45) is -0.372. The van der Waals surface area contributed by atoms with Gasteiger partial charge in [0.05, 0.1) is 21.7 Å². The molecule has 1 aromatic carbocycles. The number of halogens is 6. The monoisotopic (exact) mass is 679 g/mol. The summed E-state index contributed by atoms with van der Waals surface area (Å²) < 4.78 is 86.8. The minimum absolute atomic E-state index is 0.0743. The molecule has 5 aliphatic rings. The zero-order chi connectivity index (χ0) is 32.9. The number of likely N-dealkylation sites (tertiary alicyclic amines) is 1. The summed E-state index contributed by atoms with van der Waals surface area (Å²) in [6.45, 7) is 2.90. The third-order valence-corrected chi connectivity index (χ3v) is 11.1. The van der Waals surface area contributed by atoms with E-state index in [1.807, 2.05) is 0 Å². The first-order valence-electron chi connectivity index (χ1n) is 16.1. The van der Waals surface area contributed by atoms with E-state index < -0.39 is 51.1 Å². The average molecular weight is 680 g/mol. The Kier molecular flexibility index (Phi) is 7.20. The highest BCUT2D eigenvalue weighted by atomic mass is 35.5. The van der Waals surface area contributed by atoms with Crippen molar-refractivity contribution in [1.29, 1.82) is 0 Å². The normalized spacial score (nSPS) is 27.0. The van der Waals surface area contributed by atoms with Gasteiger partial charge < -0.3 is 25.0 Å². The van der Waals surface area contributed by atoms with Gasteiger partial charge in [0, 0.05) is 36.8 Å². The minimum Gasteiger partial charge on any atom is -0.475 e. The summed E-state index contributed by atoms with van der Waals surface area (Å²) in [5, 5.41) is -0.517. The van der Waals surface area contributed by atoms with Crippen molar-refractivity contribution < 1.29 is 31.4 Å². The molecule has 1 aliphatic carbocycles. The molecule has 0 amide bonds. The quantitative estimate of drug-likeness (QED) is 0.254. The minimum atomic E-state index is -4.94. The van der Waals surface area contributed by atoms with Gasteiger partial charge in [-0.25, -0.2) is 13.8 Å². The van der Waals surface area contributed by atoms with Crippen LogP contribution in [0.15, 0.2) is 12.1 Å². The van der Waals surface area contributed by atoms with Crippen LogP contribution in [-0.2, 0) is 6.18 Å². The lowest BCUT2D eigenvalue weighted by atomic mass is 9.95. The Bertz CT molecular complexity index is 1760. The van der Waals surface area contributed by atoms with Crippen LogP contribution >= 0.6 is 11.6 Å². The Balaban J connectivity index is 1.31. The molecule has 4 aliphatic heterocycles. The van der Waals surface area contributed by atoms with E-state index >= 15 is 4.39 Å². The summed E-state index contributed by atoms with van der Waals surface area (Å²) >= 11 is 6.05. The fourth-order valence-corrected chi connectivity index (χ4v) is 8.50. The van der Waals surface area contributed by atoms with Crippen molar-refractivity contribution in [3.05, 3.63) is 28.5 Å². The Morgan fingerprint density at radius 1 is 1.13 bits per heavy atom. The van der Waals surface area contributed by atoms with E-state index in [0.717, 1.165) is 63.7 Å². The maximum absolute atomic E-state index is 16.8. The first-order valence-corrected chi connectivity index (χ1v) is 16.5. The van der Waals surface area contributed by atoms with Crippen LogP contribution in [0.4, 0.5) is 33.5 Å². The summed E-state index contributed by atoms with van der Waals surface area (Å²) in [5.74, 6) is -0.816. The van der Waals surface area contributed by atoms with E-state index in [2.05, 4.69) is 31.7 Å². The van der Waals surface area contributed by atoms with E-state index in [4.69, 9.17) is 31.8 Å². The Labute approximate surface area is 273 Å². The molecule has 3 atom stereocenters. The molecule has 3 aromatic rings. The number of rotatable bonds is 6. The lowest BCUT2D eigenvalue weighted by molar-refractivity contribution is -0.137. The molecule has 3 saturated heterocycles. The van der Waals surface area contributed by atoms with Crippen LogP contribution in [0.5, 0.6) is 11.9 Å². The van der Waals surface area contributed by atoms with Crippen LogP contribution in [-0.4, -0.2) is 94.5 Å². The number of likely N-dealkylation sites (N-methyl/N-ethyl adjacent to an activating group) is 1. The standard InChI is InChI=1S/C32H35ClF5N7O2/c1-43-8-2-4-19(43)14-45-27-22-26(41-29(42-27)47-16-31-5-3-9-44(31)13-17(34)12-31)24(35)25(40-28(22)46-15-30(45)6-7-30)20-10-18(39)11-21(33)23(20)32(36,37)38/h10-11,17,19H,2-9,12-16,39H2,1H3/t17-,19?,31+/m1/s1. The molecule has 1 unspecified atom stereocenters. The van der Waals surface area contributed by atoms with Crippen molar-refractivity contribution in [2.75, 3.05) is 57.1 Å². The first-order chi connectivity index (χ1) is 22.4. The predicted molar refractivity (Wildman–Crippen MR) is 166 cm³/mol. The molecule has 0 radical (unpaired) electrons. The van der Waals surface area contributed by atoms with Crippen molar-refractivity contribution in [1.82, 2.24) is 24.8 Å². The Morgan fingerprint density at radius 2 is 1.94 bits per heavy atom. The van der Waals surface area contributed by atoms with Crippen molar-refractivity contribution in [2.45, 2.75) is 74.4 Å². The van der Waals surface area contributed by atoms with E-state index in [9.17, 15) is 17.6 Å². The second kappa shape index (κ2) is 10.9. The first kappa shape index (κ1) is 31.1. The molecule has 15 heteroatoms. The zero-order valence-electron chi connectivity index (χ0n) is 25.8. The van der Waals surface area contributed by atoms with E-state index in [1.165, 1.54) is 0 Å².